The van der Waals surface area contributed by atoms with Crippen molar-refractivity contribution in [2.45, 2.75) is 47.0 Å². The van der Waals surface area contributed by atoms with Crippen LogP contribution in [0.25, 0.3) is 22.3 Å². The molecule has 2 aliphatic rings. The van der Waals surface area contributed by atoms with Crippen molar-refractivity contribution in [3.63, 3.8) is 0 Å². The van der Waals surface area contributed by atoms with E-state index in [1.807, 2.05) is 0 Å². The summed E-state index contributed by atoms with van der Waals surface area (Å²) in [5.41, 5.74) is 24.4. The summed E-state index contributed by atoms with van der Waals surface area (Å²) in [7, 11) is 0. The van der Waals surface area contributed by atoms with Gasteiger partial charge in [0.2, 0.25) is 0 Å². The minimum Gasteiger partial charge on any atom is -0.310 e. The van der Waals surface area contributed by atoms with Crippen molar-refractivity contribution >= 4 is 34.1 Å². The summed E-state index contributed by atoms with van der Waals surface area (Å²) < 4.78 is 0. The van der Waals surface area contributed by atoms with Crippen molar-refractivity contribution in [1.82, 2.24) is 0 Å². The van der Waals surface area contributed by atoms with Crippen molar-refractivity contribution in [2.24, 2.45) is 0 Å². The quantitative estimate of drug-likeness (QED) is 0.168. The predicted molar refractivity (Wildman–Crippen MR) is 241 cm³/mol. The second-order valence-corrected chi connectivity index (χ2v) is 16.3. The van der Waals surface area contributed by atoms with Crippen molar-refractivity contribution in [3.05, 3.63) is 225 Å². The maximum Gasteiger partial charge on any atom is 0.0727 e. The van der Waals surface area contributed by atoms with Gasteiger partial charge in [0, 0.05) is 34.1 Å². The lowest BCUT2D eigenvalue weighted by Gasteiger charge is -2.33. The Balaban J connectivity index is 1.27. The Labute approximate surface area is 337 Å². The van der Waals surface area contributed by atoms with E-state index < -0.39 is 5.41 Å². The van der Waals surface area contributed by atoms with E-state index in [9.17, 15) is 0 Å². The summed E-state index contributed by atoms with van der Waals surface area (Å²) in [6.45, 7) is 13.1. The van der Waals surface area contributed by atoms with Gasteiger partial charge < -0.3 is 9.80 Å². The molecule has 0 N–H and O–H groups in total. The Bertz CT molecular complexity index is 2540. The SMILES string of the molecule is Cc1ccc(N(c2ccc(C)cc2)c2ccc3c(c2)C2(c4cc(C)ccc4-3)c3cc(C)ccc3-c3ccc(N(c4ccc(C)cc4)c4ccc(C)cc4)cc32)cc1. The van der Waals surface area contributed by atoms with E-state index in [0.717, 1.165) is 34.1 Å². The van der Waals surface area contributed by atoms with Gasteiger partial charge >= 0.3 is 0 Å². The summed E-state index contributed by atoms with van der Waals surface area (Å²) in [5, 5.41) is 0. The van der Waals surface area contributed by atoms with Gasteiger partial charge in [-0.1, -0.05) is 130 Å². The average Bonchev–Trinajstić information content (AvgIpc) is 3.66. The fourth-order valence-electron chi connectivity index (χ4n) is 9.38. The molecule has 0 heterocycles. The zero-order chi connectivity index (χ0) is 39.0. The first-order valence-electron chi connectivity index (χ1n) is 20.1. The first-order valence-corrected chi connectivity index (χ1v) is 20.1. The van der Waals surface area contributed by atoms with E-state index in [1.54, 1.807) is 0 Å². The molecule has 0 saturated heterocycles. The van der Waals surface area contributed by atoms with Crippen LogP contribution in [-0.2, 0) is 5.41 Å². The van der Waals surface area contributed by atoms with Crippen LogP contribution in [0.5, 0.6) is 0 Å². The molecule has 0 unspecified atom stereocenters. The summed E-state index contributed by atoms with van der Waals surface area (Å²) in [5.74, 6) is 0. The van der Waals surface area contributed by atoms with Crippen LogP contribution in [-0.4, -0.2) is 0 Å². The zero-order valence-corrected chi connectivity index (χ0v) is 33.6. The van der Waals surface area contributed by atoms with Crippen LogP contribution in [0.3, 0.4) is 0 Å². The fourth-order valence-corrected chi connectivity index (χ4v) is 9.38. The standard InChI is InChI=1S/C55H46N2/c1-35-7-17-41(18-8-35)56(42-19-9-36(2)10-20-42)45-25-29-49-47-27-15-39(5)31-51(47)55(53(49)33-45)52-32-40(6)16-28-48(52)50-30-26-46(34-54(50)55)57(43-21-11-37(3)12-22-43)44-23-13-38(4)14-24-44/h7-34H,1-6H3. The van der Waals surface area contributed by atoms with E-state index in [4.69, 9.17) is 0 Å². The second-order valence-electron chi connectivity index (χ2n) is 16.3. The van der Waals surface area contributed by atoms with Crippen LogP contribution in [0.1, 0.15) is 55.6 Å². The third-order valence-electron chi connectivity index (χ3n) is 12.2. The molecule has 0 atom stereocenters. The topological polar surface area (TPSA) is 6.48 Å². The van der Waals surface area contributed by atoms with Gasteiger partial charge in [0.15, 0.2) is 0 Å². The second kappa shape index (κ2) is 13.2. The highest BCUT2D eigenvalue weighted by Gasteiger charge is 2.52. The number of fused-ring (bicyclic) bond motifs is 10. The molecule has 10 rings (SSSR count). The summed E-state index contributed by atoms with van der Waals surface area (Å²) >= 11 is 0. The zero-order valence-electron chi connectivity index (χ0n) is 33.6. The first kappa shape index (κ1) is 34.8. The molecule has 276 valence electrons. The van der Waals surface area contributed by atoms with Gasteiger partial charge in [-0.3, -0.25) is 0 Å². The van der Waals surface area contributed by atoms with Crippen LogP contribution in [0.15, 0.2) is 170 Å². The van der Waals surface area contributed by atoms with E-state index in [-0.39, 0.29) is 0 Å². The Hall–Kier alpha value is -6.64. The van der Waals surface area contributed by atoms with Gasteiger partial charge in [0.25, 0.3) is 0 Å². The van der Waals surface area contributed by atoms with E-state index in [2.05, 4.69) is 221 Å². The molecule has 2 nitrogen and oxygen atoms in total. The molecule has 0 bridgehead atoms. The van der Waals surface area contributed by atoms with E-state index >= 15 is 0 Å². The minimum absolute atomic E-state index is 0.530. The summed E-state index contributed by atoms with van der Waals surface area (Å²) in [4.78, 5) is 4.84. The lowest BCUT2D eigenvalue weighted by Crippen LogP contribution is -2.27. The van der Waals surface area contributed by atoms with E-state index in [0.29, 0.717) is 0 Å². The Kier molecular flexibility index (Phi) is 8.09. The smallest absolute Gasteiger partial charge is 0.0727 e. The number of benzene rings is 8. The van der Waals surface area contributed by atoms with E-state index in [1.165, 1.54) is 77.9 Å². The van der Waals surface area contributed by atoms with Gasteiger partial charge in [-0.05, 0) is 159 Å². The highest BCUT2D eigenvalue weighted by atomic mass is 15.1. The van der Waals surface area contributed by atoms with Crippen LogP contribution in [0.4, 0.5) is 34.1 Å². The predicted octanol–water partition coefficient (Wildman–Crippen LogP) is 14.8. The minimum atomic E-state index is -0.530. The number of hydrogen-bond donors (Lipinski definition) is 0. The highest BCUT2D eigenvalue weighted by molar-refractivity contribution is 5.97. The third-order valence-corrected chi connectivity index (χ3v) is 12.2. The number of anilines is 6. The molecule has 0 saturated carbocycles. The molecule has 2 heteroatoms. The number of hydrogen-bond acceptors (Lipinski definition) is 2. The molecule has 8 aromatic rings. The normalized spacial score (nSPS) is 12.9. The number of nitrogens with zero attached hydrogens (tertiary/aromatic N) is 2. The molecule has 2 aliphatic carbocycles. The molecule has 57 heavy (non-hydrogen) atoms. The van der Waals surface area contributed by atoms with Gasteiger partial charge in [-0.25, -0.2) is 0 Å². The van der Waals surface area contributed by atoms with Crippen LogP contribution in [0, 0.1) is 41.5 Å². The molecular weight excluding hydrogens is 689 g/mol. The van der Waals surface area contributed by atoms with Gasteiger partial charge in [-0.2, -0.15) is 0 Å². The number of aryl methyl sites for hydroxylation is 6. The number of rotatable bonds is 6. The first-order chi connectivity index (χ1) is 27.7. The van der Waals surface area contributed by atoms with Gasteiger partial charge in [0.05, 0.1) is 5.41 Å². The maximum absolute atomic E-state index is 2.50. The Morgan fingerprint density at radius 2 is 0.474 bits per heavy atom. The van der Waals surface area contributed by atoms with Crippen LogP contribution < -0.4 is 9.80 Å². The highest BCUT2D eigenvalue weighted by Crippen LogP contribution is 2.64. The summed E-state index contributed by atoms with van der Waals surface area (Å²) in [6, 6.07) is 64.3. The van der Waals surface area contributed by atoms with Gasteiger partial charge in [-0.15, -0.1) is 0 Å². The molecule has 0 aromatic heterocycles. The van der Waals surface area contributed by atoms with Crippen molar-refractivity contribution in [2.75, 3.05) is 9.80 Å². The Morgan fingerprint density at radius 1 is 0.246 bits per heavy atom. The molecule has 8 aromatic carbocycles. The molecule has 0 aliphatic heterocycles. The molecule has 0 radical (unpaired) electrons. The third kappa shape index (κ3) is 5.54. The molecule has 0 fully saturated rings. The van der Waals surface area contributed by atoms with Crippen LogP contribution >= 0.6 is 0 Å². The molecule has 1 spiro atoms. The average molecular weight is 735 g/mol. The lowest BCUT2D eigenvalue weighted by atomic mass is 9.70. The lowest BCUT2D eigenvalue weighted by molar-refractivity contribution is 0.791. The monoisotopic (exact) mass is 734 g/mol. The molecular formula is C55H46N2. The van der Waals surface area contributed by atoms with Crippen molar-refractivity contribution in [3.8, 4) is 22.3 Å². The van der Waals surface area contributed by atoms with Crippen molar-refractivity contribution in [1.29, 1.82) is 0 Å². The van der Waals surface area contributed by atoms with Crippen molar-refractivity contribution < 1.29 is 0 Å². The largest absolute Gasteiger partial charge is 0.310 e. The van der Waals surface area contributed by atoms with Gasteiger partial charge in [0.1, 0.15) is 0 Å². The van der Waals surface area contributed by atoms with Crippen LogP contribution in [0.2, 0.25) is 0 Å². The maximum atomic E-state index is 2.50. The molecule has 0 amide bonds. The Morgan fingerprint density at radius 3 is 0.772 bits per heavy atom. The fraction of sp³-hybridized carbons (Fsp3) is 0.127. The summed E-state index contributed by atoms with van der Waals surface area (Å²) in [6.07, 6.45) is 0.